The van der Waals surface area contributed by atoms with Gasteiger partial charge in [-0.15, -0.1) is 0 Å². The van der Waals surface area contributed by atoms with Crippen molar-refractivity contribution in [1.29, 1.82) is 0 Å². The highest BCUT2D eigenvalue weighted by Gasteiger charge is 2.31. The summed E-state index contributed by atoms with van der Waals surface area (Å²) in [6.07, 6.45) is 0. The van der Waals surface area contributed by atoms with Crippen molar-refractivity contribution in [2.24, 2.45) is 0 Å². The van der Waals surface area contributed by atoms with Crippen LogP contribution in [0.4, 0.5) is 4.39 Å². The second kappa shape index (κ2) is 5.51. The smallest absolute Gasteiger partial charge is 0.358 e. The Morgan fingerprint density at radius 2 is 1.65 bits per heavy atom. The molecule has 0 bridgehead atoms. The zero-order valence-corrected chi connectivity index (χ0v) is 12.9. The van der Waals surface area contributed by atoms with Crippen LogP contribution in [-0.2, 0) is 14.8 Å². The molecule has 0 saturated heterocycles. The molecule has 0 fully saturated rings. The van der Waals surface area contributed by atoms with E-state index in [1.54, 1.807) is 30.3 Å². The van der Waals surface area contributed by atoms with Gasteiger partial charge in [0, 0.05) is 5.39 Å². The molecule has 0 N–H and O–H groups in total. The normalized spacial score (nSPS) is 11.6. The maximum absolute atomic E-state index is 14.6. The number of ether oxygens (including phenoxy) is 1. The minimum Gasteiger partial charge on any atom is -0.464 e. The van der Waals surface area contributed by atoms with Crippen LogP contribution in [0.25, 0.3) is 10.9 Å². The number of methoxy groups -OCH3 is 1. The topological polar surface area (TPSA) is 65.4 Å². The van der Waals surface area contributed by atoms with Gasteiger partial charge in [-0.3, -0.25) is 0 Å². The predicted molar refractivity (Wildman–Crippen MR) is 82.3 cm³/mol. The Balaban J connectivity index is 2.43. The third kappa shape index (κ3) is 2.29. The van der Waals surface area contributed by atoms with Gasteiger partial charge in [-0.25, -0.2) is 21.6 Å². The lowest BCUT2D eigenvalue weighted by molar-refractivity contribution is 0.0588. The Bertz CT molecular complexity index is 994. The maximum Gasteiger partial charge on any atom is 0.358 e. The van der Waals surface area contributed by atoms with E-state index in [4.69, 9.17) is 0 Å². The molecule has 5 nitrogen and oxygen atoms in total. The Kier molecular flexibility index (Phi) is 3.65. The van der Waals surface area contributed by atoms with Crippen molar-refractivity contribution in [3.05, 3.63) is 66.1 Å². The molecule has 7 heteroatoms. The van der Waals surface area contributed by atoms with E-state index in [1.165, 1.54) is 24.3 Å². The quantitative estimate of drug-likeness (QED) is 0.691. The van der Waals surface area contributed by atoms with Crippen LogP contribution < -0.4 is 0 Å². The standard InChI is InChI=1S/C16H12FNO4S/c1-22-16(19)15-14(17)12-9-5-6-10-13(12)18(15)23(20,21)11-7-3-2-4-8-11/h2-10H,1H3. The van der Waals surface area contributed by atoms with Crippen molar-refractivity contribution >= 4 is 26.9 Å². The number of aromatic nitrogens is 1. The number of esters is 1. The van der Waals surface area contributed by atoms with Crippen LogP contribution in [0.15, 0.2) is 59.5 Å². The lowest BCUT2D eigenvalue weighted by Crippen LogP contribution is -2.20. The molecule has 1 heterocycles. The van der Waals surface area contributed by atoms with Gasteiger partial charge in [-0.2, -0.15) is 0 Å². The molecule has 0 aliphatic carbocycles. The van der Waals surface area contributed by atoms with E-state index in [0.717, 1.165) is 7.11 Å². The summed E-state index contributed by atoms with van der Waals surface area (Å²) in [6, 6.07) is 13.5. The van der Waals surface area contributed by atoms with Crippen LogP contribution in [0.1, 0.15) is 10.5 Å². The van der Waals surface area contributed by atoms with Crippen molar-refractivity contribution in [2.45, 2.75) is 4.90 Å². The van der Waals surface area contributed by atoms with E-state index in [2.05, 4.69) is 4.74 Å². The summed E-state index contributed by atoms with van der Waals surface area (Å²) in [5.74, 6) is -1.98. The van der Waals surface area contributed by atoms with Crippen LogP contribution in [0.3, 0.4) is 0 Å². The van der Waals surface area contributed by atoms with E-state index in [-0.39, 0.29) is 15.8 Å². The Labute approximate surface area is 132 Å². The SMILES string of the molecule is COC(=O)c1c(F)c2ccccc2n1S(=O)(=O)c1ccccc1. The summed E-state index contributed by atoms with van der Waals surface area (Å²) in [5.41, 5.74) is -0.563. The van der Waals surface area contributed by atoms with Crippen molar-refractivity contribution in [1.82, 2.24) is 3.97 Å². The summed E-state index contributed by atoms with van der Waals surface area (Å²) in [7, 11) is -3.09. The molecule has 118 valence electrons. The number of para-hydroxylation sites is 1. The van der Waals surface area contributed by atoms with Crippen LogP contribution in [-0.4, -0.2) is 25.5 Å². The average molecular weight is 333 g/mol. The van der Waals surface area contributed by atoms with E-state index >= 15 is 0 Å². The van der Waals surface area contributed by atoms with E-state index in [1.807, 2.05) is 0 Å². The number of carbonyl (C=O) groups excluding carboxylic acids is 1. The zero-order chi connectivity index (χ0) is 16.6. The Morgan fingerprint density at radius 1 is 1.04 bits per heavy atom. The number of nitrogens with zero attached hydrogens (tertiary/aromatic N) is 1. The maximum atomic E-state index is 14.6. The van der Waals surface area contributed by atoms with Gasteiger partial charge in [0.2, 0.25) is 0 Å². The molecule has 23 heavy (non-hydrogen) atoms. The van der Waals surface area contributed by atoms with Gasteiger partial charge in [-0.1, -0.05) is 30.3 Å². The number of halogens is 1. The number of carbonyl (C=O) groups is 1. The number of rotatable bonds is 3. The highest BCUT2D eigenvalue weighted by Crippen LogP contribution is 2.29. The lowest BCUT2D eigenvalue weighted by atomic mass is 10.2. The first kappa shape index (κ1) is 15.2. The summed E-state index contributed by atoms with van der Waals surface area (Å²) < 4.78 is 45.6. The second-order valence-corrected chi connectivity index (χ2v) is 6.54. The third-order valence-corrected chi connectivity index (χ3v) is 5.16. The van der Waals surface area contributed by atoms with Crippen LogP contribution in [0.2, 0.25) is 0 Å². The third-order valence-electron chi connectivity index (χ3n) is 3.43. The average Bonchev–Trinajstić information content (AvgIpc) is 2.89. The summed E-state index contributed by atoms with van der Waals surface area (Å²) in [6.45, 7) is 0. The van der Waals surface area contributed by atoms with Gasteiger partial charge < -0.3 is 4.74 Å². The molecule has 1 aromatic heterocycles. The lowest BCUT2D eigenvalue weighted by Gasteiger charge is -2.10. The Hall–Kier alpha value is -2.67. The Morgan fingerprint density at radius 3 is 2.30 bits per heavy atom. The van der Waals surface area contributed by atoms with Gasteiger partial charge in [-0.05, 0) is 24.3 Å². The van der Waals surface area contributed by atoms with E-state index < -0.39 is 27.5 Å². The fourth-order valence-electron chi connectivity index (χ4n) is 2.39. The number of benzene rings is 2. The van der Waals surface area contributed by atoms with Crippen LogP contribution in [0.5, 0.6) is 0 Å². The van der Waals surface area contributed by atoms with Crippen molar-refractivity contribution < 1.29 is 22.3 Å². The van der Waals surface area contributed by atoms with Crippen molar-refractivity contribution in [3.63, 3.8) is 0 Å². The predicted octanol–water partition coefficient (Wildman–Crippen LogP) is 2.80. The van der Waals surface area contributed by atoms with Gasteiger partial charge in [0.25, 0.3) is 10.0 Å². The first-order chi connectivity index (χ1) is 11.0. The highest BCUT2D eigenvalue weighted by molar-refractivity contribution is 7.90. The fourth-order valence-corrected chi connectivity index (χ4v) is 3.92. The largest absolute Gasteiger partial charge is 0.464 e. The van der Waals surface area contributed by atoms with Crippen molar-refractivity contribution in [3.8, 4) is 0 Å². The fraction of sp³-hybridized carbons (Fsp3) is 0.0625. The van der Waals surface area contributed by atoms with Gasteiger partial charge in [0.05, 0.1) is 17.5 Å². The van der Waals surface area contributed by atoms with Gasteiger partial charge >= 0.3 is 5.97 Å². The molecule has 0 atom stereocenters. The summed E-state index contributed by atoms with van der Waals surface area (Å²) >= 11 is 0. The molecule has 3 aromatic rings. The number of hydrogen-bond acceptors (Lipinski definition) is 4. The van der Waals surface area contributed by atoms with Gasteiger partial charge in [0.1, 0.15) is 0 Å². The minimum atomic E-state index is -4.15. The molecular formula is C16H12FNO4S. The van der Waals surface area contributed by atoms with Gasteiger partial charge in [0.15, 0.2) is 11.5 Å². The zero-order valence-electron chi connectivity index (χ0n) is 12.1. The molecular weight excluding hydrogens is 321 g/mol. The number of fused-ring (bicyclic) bond motifs is 1. The summed E-state index contributed by atoms with van der Waals surface area (Å²) in [5, 5.41) is 0.0346. The molecule has 3 rings (SSSR count). The molecule has 0 saturated carbocycles. The molecule has 0 unspecified atom stereocenters. The van der Waals surface area contributed by atoms with E-state index in [9.17, 15) is 17.6 Å². The van der Waals surface area contributed by atoms with Crippen molar-refractivity contribution in [2.75, 3.05) is 7.11 Å². The first-order valence-electron chi connectivity index (χ1n) is 6.66. The van der Waals surface area contributed by atoms with Crippen LogP contribution >= 0.6 is 0 Å². The summed E-state index contributed by atoms with van der Waals surface area (Å²) in [4.78, 5) is 11.9. The van der Waals surface area contributed by atoms with Crippen LogP contribution in [0, 0.1) is 5.82 Å². The minimum absolute atomic E-state index is 0.0346. The van der Waals surface area contributed by atoms with E-state index in [0.29, 0.717) is 3.97 Å². The molecule has 0 aliphatic heterocycles. The second-order valence-electron chi connectivity index (χ2n) is 4.75. The molecule has 2 aromatic carbocycles. The first-order valence-corrected chi connectivity index (χ1v) is 8.10. The highest BCUT2D eigenvalue weighted by atomic mass is 32.2. The number of hydrogen-bond donors (Lipinski definition) is 0. The molecule has 0 radical (unpaired) electrons. The monoisotopic (exact) mass is 333 g/mol. The molecule has 0 spiro atoms. The molecule has 0 amide bonds. The molecule has 0 aliphatic rings.